The van der Waals surface area contributed by atoms with Crippen molar-refractivity contribution in [3.63, 3.8) is 0 Å². The predicted octanol–water partition coefficient (Wildman–Crippen LogP) is -2.24. The number of aliphatic hydroxyl groups is 4. The second kappa shape index (κ2) is 3.63. The highest BCUT2D eigenvalue weighted by Crippen LogP contribution is 2.21. The molecule has 1 rings (SSSR count). The highest BCUT2D eigenvalue weighted by Gasteiger charge is 2.43. The summed E-state index contributed by atoms with van der Waals surface area (Å²) in [6, 6.07) is 0. The van der Waals surface area contributed by atoms with Crippen molar-refractivity contribution in [2.45, 2.75) is 30.8 Å². The van der Waals surface area contributed by atoms with E-state index in [0.717, 1.165) is 0 Å². The molecule has 0 amide bonds. The van der Waals surface area contributed by atoms with Crippen LogP contribution in [-0.2, 0) is 4.74 Å². The third-order valence-electron chi connectivity index (χ3n) is 1.82. The number of halogens is 1. The molecule has 5 unspecified atom stereocenters. The molecule has 1 saturated heterocycles. The van der Waals surface area contributed by atoms with Gasteiger partial charge >= 0.3 is 0 Å². The summed E-state index contributed by atoms with van der Waals surface area (Å²) in [6.45, 7) is -0.651. The standard InChI is InChI=1S/C6H11FO5/c7-3-2(1-8)12-6(11)5(10)4(3)9/h2-6,8-11H,1H2. The normalized spacial score (nSPS) is 49.2. The van der Waals surface area contributed by atoms with Crippen molar-refractivity contribution in [3.05, 3.63) is 0 Å². The fourth-order valence-electron chi connectivity index (χ4n) is 1.06. The van der Waals surface area contributed by atoms with Gasteiger partial charge in [-0.2, -0.15) is 0 Å². The molecule has 0 aromatic carbocycles. The Kier molecular flexibility index (Phi) is 2.97. The molecule has 0 aromatic rings. The summed E-state index contributed by atoms with van der Waals surface area (Å²) in [5.41, 5.74) is 0. The number of ether oxygens (including phenoxy) is 1. The molecule has 12 heavy (non-hydrogen) atoms. The summed E-state index contributed by atoms with van der Waals surface area (Å²) in [6.07, 6.45) is -8.19. The lowest BCUT2D eigenvalue weighted by Gasteiger charge is -2.36. The average molecular weight is 182 g/mol. The Morgan fingerprint density at radius 1 is 1.17 bits per heavy atom. The molecule has 1 aliphatic heterocycles. The van der Waals surface area contributed by atoms with Crippen molar-refractivity contribution in [1.82, 2.24) is 0 Å². The number of hydrogen-bond donors (Lipinski definition) is 4. The van der Waals surface area contributed by atoms with E-state index >= 15 is 0 Å². The average Bonchev–Trinajstić information content (AvgIpc) is 2.08. The van der Waals surface area contributed by atoms with E-state index < -0.39 is 37.4 Å². The van der Waals surface area contributed by atoms with Crippen LogP contribution in [0.4, 0.5) is 4.39 Å². The van der Waals surface area contributed by atoms with Gasteiger partial charge in [0, 0.05) is 0 Å². The van der Waals surface area contributed by atoms with E-state index in [4.69, 9.17) is 20.4 Å². The molecule has 0 bridgehead atoms. The van der Waals surface area contributed by atoms with Gasteiger partial charge in [0.05, 0.1) is 6.61 Å². The highest BCUT2D eigenvalue weighted by molar-refractivity contribution is 4.88. The van der Waals surface area contributed by atoms with Gasteiger partial charge in [0.1, 0.15) is 18.3 Å². The van der Waals surface area contributed by atoms with Crippen LogP contribution in [0.3, 0.4) is 0 Å². The number of rotatable bonds is 1. The minimum atomic E-state index is -1.88. The first-order chi connectivity index (χ1) is 5.57. The topological polar surface area (TPSA) is 90.2 Å². The largest absolute Gasteiger partial charge is 0.394 e. The van der Waals surface area contributed by atoms with Crippen molar-refractivity contribution in [1.29, 1.82) is 0 Å². The van der Waals surface area contributed by atoms with Gasteiger partial charge in [-0.05, 0) is 0 Å². The molecule has 5 nitrogen and oxygen atoms in total. The maximum absolute atomic E-state index is 12.9. The number of aliphatic hydroxyl groups excluding tert-OH is 4. The number of alkyl halides is 1. The first-order valence-electron chi connectivity index (χ1n) is 3.52. The van der Waals surface area contributed by atoms with Gasteiger partial charge in [-0.15, -0.1) is 0 Å². The van der Waals surface area contributed by atoms with Crippen molar-refractivity contribution < 1.29 is 29.6 Å². The smallest absolute Gasteiger partial charge is 0.184 e. The Labute approximate surface area is 68.0 Å². The van der Waals surface area contributed by atoms with Crippen molar-refractivity contribution in [2.24, 2.45) is 0 Å². The maximum Gasteiger partial charge on any atom is 0.184 e. The Hall–Kier alpha value is -0.270. The van der Waals surface area contributed by atoms with E-state index in [1.165, 1.54) is 0 Å². The third-order valence-corrected chi connectivity index (χ3v) is 1.82. The summed E-state index contributed by atoms with van der Waals surface area (Å²) in [7, 11) is 0. The fraction of sp³-hybridized carbons (Fsp3) is 1.00. The summed E-state index contributed by atoms with van der Waals surface area (Å²) in [5.74, 6) is 0. The Morgan fingerprint density at radius 3 is 2.25 bits per heavy atom. The molecule has 6 heteroatoms. The molecule has 4 N–H and O–H groups in total. The Balaban J connectivity index is 2.63. The summed E-state index contributed by atoms with van der Waals surface area (Å²) < 4.78 is 17.3. The summed E-state index contributed by atoms with van der Waals surface area (Å²) in [4.78, 5) is 0. The lowest BCUT2D eigenvalue weighted by molar-refractivity contribution is -0.274. The zero-order valence-electron chi connectivity index (χ0n) is 6.17. The van der Waals surface area contributed by atoms with Gasteiger partial charge in [0.15, 0.2) is 12.5 Å². The molecule has 1 heterocycles. The monoisotopic (exact) mass is 182 g/mol. The molecule has 5 atom stereocenters. The molecule has 1 aliphatic rings. The maximum atomic E-state index is 12.9. The van der Waals surface area contributed by atoms with Crippen LogP contribution in [-0.4, -0.2) is 57.8 Å². The summed E-state index contributed by atoms with van der Waals surface area (Å²) in [5, 5.41) is 35.2. The number of hydrogen-bond acceptors (Lipinski definition) is 5. The van der Waals surface area contributed by atoms with Crippen LogP contribution in [0.1, 0.15) is 0 Å². The Morgan fingerprint density at radius 2 is 1.75 bits per heavy atom. The molecule has 0 radical (unpaired) electrons. The van der Waals surface area contributed by atoms with Crippen molar-refractivity contribution in [3.8, 4) is 0 Å². The second-order valence-corrected chi connectivity index (χ2v) is 2.67. The predicted molar refractivity (Wildman–Crippen MR) is 34.9 cm³/mol. The molecule has 1 fully saturated rings. The van der Waals surface area contributed by atoms with Crippen molar-refractivity contribution in [2.75, 3.05) is 6.61 Å². The van der Waals surface area contributed by atoms with E-state index in [1.54, 1.807) is 0 Å². The first-order valence-corrected chi connectivity index (χ1v) is 3.52. The molecular formula is C6H11FO5. The third kappa shape index (κ3) is 1.57. The van der Waals surface area contributed by atoms with E-state index in [1.807, 2.05) is 0 Å². The van der Waals surface area contributed by atoms with Crippen LogP contribution < -0.4 is 0 Å². The zero-order chi connectivity index (χ0) is 9.30. The fourth-order valence-corrected chi connectivity index (χ4v) is 1.06. The van der Waals surface area contributed by atoms with E-state index in [0.29, 0.717) is 0 Å². The minimum absolute atomic E-state index is 0.651. The molecule has 0 saturated carbocycles. The van der Waals surface area contributed by atoms with Gasteiger partial charge in [-0.25, -0.2) is 4.39 Å². The first kappa shape index (κ1) is 9.82. The molecule has 0 aromatic heterocycles. The zero-order valence-corrected chi connectivity index (χ0v) is 6.17. The van der Waals surface area contributed by atoms with Gasteiger partial charge in [-0.1, -0.05) is 0 Å². The lowest BCUT2D eigenvalue weighted by Crippen LogP contribution is -2.56. The lowest BCUT2D eigenvalue weighted by atomic mass is 10.0. The summed E-state index contributed by atoms with van der Waals surface area (Å²) >= 11 is 0. The van der Waals surface area contributed by atoms with Crippen LogP contribution in [0.25, 0.3) is 0 Å². The SMILES string of the molecule is OCC1OC(O)C(O)C(O)C1F. The quantitative estimate of drug-likeness (QED) is 0.368. The molecular weight excluding hydrogens is 171 g/mol. The van der Waals surface area contributed by atoms with Gasteiger partial charge < -0.3 is 25.2 Å². The van der Waals surface area contributed by atoms with Crippen LogP contribution in [0.15, 0.2) is 0 Å². The van der Waals surface area contributed by atoms with Crippen LogP contribution in [0.5, 0.6) is 0 Å². The van der Waals surface area contributed by atoms with E-state index in [2.05, 4.69) is 4.74 Å². The Bertz CT molecular complexity index is 150. The molecule has 0 spiro atoms. The van der Waals surface area contributed by atoms with Gasteiger partial charge in [-0.3, -0.25) is 0 Å². The van der Waals surface area contributed by atoms with E-state index in [-0.39, 0.29) is 0 Å². The van der Waals surface area contributed by atoms with Crippen molar-refractivity contribution >= 4 is 0 Å². The van der Waals surface area contributed by atoms with Crippen LogP contribution in [0.2, 0.25) is 0 Å². The van der Waals surface area contributed by atoms with E-state index in [9.17, 15) is 4.39 Å². The molecule has 72 valence electrons. The second-order valence-electron chi connectivity index (χ2n) is 2.67. The van der Waals surface area contributed by atoms with Gasteiger partial charge in [0.2, 0.25) is 0 Å². The van der Waals surface area contributed by atoms with Gasteiger partial charge in [0.25, 0.3) is 0 Å². The highest BCUT2D eigenvalue weighted by atomic mass is 19.1. The minimum Gasteiger partial charge on any atom is -0.394 e. The van der Waals surface area contributed by atoms with Crippen LogP contribution in [0, 0.1) is 0 Å². The van der Waals surface area contributed by atoms with Crippen LogP contribution >= 0.6 is 0 Å². The molecule has 0 aliphatic carbocycles.